The first-order valence-electron chi connectivity index (χ1n) is 8.98. The Morgan fingerprint density at radius 1 is 1.14 bits per heavy atom. The molecule has 1 aromatic rings. The van der Waals surface area contributed by atoms with E-state index in [1.807, 2.05) is 0 Å². The van der Waals surface area contributed by atoms with Crippen molar-refractivity contribution in [1.82, 2.24) is 0 Å². The van der Waals surface area contributed by atoms with Gasteiger partial charge in [-0.1, -0.05) is 48.2 Å². The molecular formula is C20H23ClN2O5. The highest BCUT2D eigenvalue weighted by Crippen LogP contribution is 2.20. The van der Waals surface area contributed by atoms with Gasteiger partial charge >= 0.3 is 11.9 Å². The second-order valence-electron chi connectivity index (χ2n) is 6.23. The number of oxime groups is 1. The van der Waals surface area contributed by atoms with Gasteiger partial charge in [-0.05, 0) is 36.4 Å². The third-order valence-corrected chi connectivity index (χ3v) is 4.52. The highest BCUT2D eigenvalue weighted by Gasteiger charge is 2.32. The van der Waals surface area contributed by atoms with Gasteiger partial charge in [-0.15, -0.1) is 0 Å². The molecule has 0 spiro atoms. The largest absolute Gasteiger partial charge is 0.466 e. The molecule has 1 aliphatic rings. The lowest BCUT2D eigenvalue weighted by Crippen LogP contribution is -2.31. The lowest BCUT2D eigenvalue weighted by molar-refractivity contribution is -0.154. The van der Waals surface area contributed by atoms with Gasteiger partial charge in [-0.25, -0.2) is 14.6 Å². The zero-order chi connectivity index (χ0) is 20.4. The van der Waals surface area contributed by atoms with Crippen LogP contribution < -0.4 is 0 Å². The molecule has 2 rings (SSSR count). The van der Waals surface area contributed by atoms with Crippen LogP contribution in [-0.4, -0.2) is 50.4 Å². The summed E-state index contributed by atoms with van der Waals surface area (Å²) in [5.41, 5.74) is 0.515. The number of hydrogen-bond acceptors (Lipinski definition) is 7. The first-order chi connectivity index (χ1) is 13.5. The number of carbonyl (C=O) groups is 2. The van der Waals surface area contributed by atoms with E-state index in [0.717, 1.165) is 25.7 Å². The van der Waals surface area contributed by atoms with Gasteiger partial charge in [0.25, 0.3) is 6.10 Å². The summed E-state index contributed by atoms with van der Waals surface area (Å²) >= 11 is 5.84. The summed E-state index contributed by atoms with van der Waals surface area (Å²) in [4.78, 5) is 33.9. The predicted octanol–water partition coefficient (Wildman–Crippen LogP) is 3.33. The summed E-state index contributed by atoms with van der Waals surface area (Å²) in [5.74, 6) is 1.08. The summed E-state index contributed by atoms with van der Waals surface area (Å²) in [6.07, 6.45) is 5.11. The molecule has 1 unspecified atom stereocenters. The fourth-order valence-corrected chi connectivity index (χ4v) is 2.84. The van der Waals surface area contributed by atoms with Crippen molar-refractivity contribution in [1.29, 1.82) is 0 Å². The van der Waals surface area contributed by atoms with Crippen molar-refractivity contribution in [3.8, 4) is 0 Å². The molecule has 8 heteroatoms. The number of ether oxygens (including phenoxy) is 2. The minimum absolute atomic E-state index is 0.0595. The fourth-order valence-electron chi connectivity index (χ4n) is 2.71. The van der Waals surface area contributed by atoms with Crippen molar-refractivity contribution in [2.24, 2.45) is 10.1 Å². The third kappa shape index (κ3) is 6.51. The van der Waals surface area contributed by atoms with Crippen LogP contribution in [0.25, 0.3) is 0 Å². The quantitative estimate of drug-likeness (QED) is 0.300. The molecule has 0 heterocycles. The second kappa shape index (κ2) is 11.3. The molecule has 28 heavy (non-hydrogen) atoms. The minimum atomic E-state index is -1.44. The maximum atomic E-state index is 12.2. The summed E-state index contributed by atoms with van der Waals surface area (Å²) in [6, 6.07) is 6.90. The molecule has 1 fully saturated rings. The van der Waals surface area contributed by atoms with Crippen LogP contribution in [0.2, 0.25) is 5.02 Å². The average molecular weight is 407 g/mol. The molecule has 0 radical (unpaired) electrons. The number of rotatable bonds is 7. The smallest absolute Gasteiger partial charge is 0.355 e. The van der Waals surface area contributed by atoms with Gasteiger partial charge < -0.3 is 14.3 Å². The monoisotopic (exact) mass is 406 g/mol. The molecule has 0 saturated heterocycles. The first kappa shape index (κ1) is 21.7. The van der Waals surface area contributed by atoms with Crippen molar-refractivity contribution in [3.63, 3.8) is 0 Å². The molecule has 0 N–H and O–H groups in total. The van der Waals surface area contributed by atoms with Crippen LogP contribution in [-0.2, 0) is 23.9 Å². The zero-order valence-corrected chi connectivity index (χ0v) is 16.6. The van der Waals surface area contributed by atoms with Crippen molar-refractivity contribution >= 4 is 35.6 Å². The van der Waals surface area contributed by atoms with E-state index in [1.165, 1.54) is 26.9 Å². The highest BCUT2D eigenvalue weighted by molar-refractivity contribution is 6.30. The predicted molar refractivity (Wildman–Crippen MR) is 106 cm³/mol. The van der Waals surface area contributed by atoms with Crippen LogP contribution in [0.5, 0.6) is 0 Å². The van der Waals surface area contributed by atoms with Crippen LogP contribution in [0, 0.1) is 0 Å². The van der Waals surface area contributed by atoms with Crippen LogP contribution in [0.3, 0.4) is 0 Å². The van der Waals surface area contributed by atoms with E-state index in [4.69, 9.17) is 25.9 Å². The summed E-state index contributed by atoms with van der Waals surface area (Å²) < 4.78 is 9.49. The molecule has 0 aromatic heterocycles. The van der Waals surface area contributed by atoms with E-state index >= 15 is 0 Å². The Bertz CT molecular complexity index is 763. The van der Waals surface area contributed by atoms with E-state index < -0.39 is 18.0 Å². The van der Waals surface area contributed by atoms with Crippen LogP contribution in [0.15, 0.2) is 40.0 Å². The number of carbonyl (C=O) groups excluding carboxylic acids is 2. The molecule has 1 aliphatic carbocycles. The topological polar surface area (TPSA) is 86.5 Å². The molecular weight excluding hydrogens is 384 g/mol. The van der Waals surface area contributed by atoms with Crippen LogP contribution in [0.4, 0.5) is 0 Å². The average Bonchev–Trinajstić information content (AvgIpc) is 2.73. The summed E-state index contributed by atoms with van der Waals surface area (Å²) in [7, 11) is 2.39. The fraction of sp³-hybridized carbons (Fsp3) is 0.450. The van der Waals surface area contributed by atoms with Crippen molar-refractivity contribution in [2.75, 3.05) is 14.2 Å². The molecule has 7 nitrogen and oxygen atoms in total. The molecule has 1 aromatic carbocycles. The number of esters is 2. The first-order valence-corrected chi connectivity index (χ1v) is 9.36. The Kier molecular flexibility index (Phi) is 8.72. The zero-order valence-electron chi connectivity index (χ0n) is 15.9. The Labute approximate surface area is 169 Å². The molecule has 0 aliphatic heterocycles. The summed E-state index contributed by atoms with van der Waals surface area (Å²) in [6.45, 7) is 0. The normalized spacial score (nSPS) is 15.4. The van der Waals surface area contributed by atoms with E-state index in [-0.39, 0.29) is 11.6 Å². The van der Waals surface area contributed by atoms with Crippen LogP contribution >= 0.6 is 11.6 Å². The summed E-state index contributed by atoms with van der Waals surface area (Å²) in [5, 5.41) is 4.38. The number of halogens is 1. The van der Waals surface area contributed by atoms with Gasteiger partial charge in [0.15, 0.2) is 5.57 Å². The highest BCUT2D eigenvalue weighted by atomic mass is 35.5. The van der Waals surface area contributed by atoms with Gasteiger partial charge in [-0.3, -0.25) is 0 Å². The maximum Gasteiger partial charge on any atom is 0.355 e. The standard InChI is InChI=1S/C20H23ClN2O5/c1-26-19(24)17(13-22-16-6-4-3-5-7-16)18(20(25)27-2)28-23-12-14-8-10-15(21)11-9-14/h8-12,16,18H,3-7H2,1-2H3/b23-12+. The Hall–Kier alpha value is -2.63. The maximum absolute atomic E-state index is 12.2. The Morgan fingerprint density at radius 3 is 2.43 bits per heavy atom. The van der Waals surface area contributed by atoms with Gasteiger partial charge in [0.05, 0.1) is 26.5 Å². The van der Waals surface area contributed by atoms with E-state index in [9.17, 15) is 9.59 Å². The SMILES string of the molecule is COC(=O)C(=C=NC1CCCCC1)C(O/N=C/c1ccc(Cl)cc1)C(=O)OC. The van der Waals surface area contributed by atoms with Gasteiger partial charge in [0.2, 0.25) is 0 Å². The van der Waals surface area contributed by atoms with E-state index in [0.29, 0.717) is 10.6 Å². The van der Waals surface area contributed by atoms with Crippen molar-refractivity contribution in [2.45, 2.75) is 44.2 Å². The van der Waals surface area contributed by atoms with Crippen molar-refractivity contribution < 1.29 is 23.9 Å². The third-order valence-electron chi connectivity index (χ3n) is 4.26. The number of nitrogens with zero attached hydrogens (tertiary/aromatic N) is 2. The van der Waals surface area contributed by atoms with Gasteiger partial charge in [0, 0.05) is 5.02 Å². The Balaban J connectivity index is 2.24. The van der Waals surface area contributed by atoms with Crippen molar-refractivity contribution in [3.05, 3.63) is 40.4 Å². The number of aliphatic imine (C=N–C) groups is 1. The molecule has 1 atom stereocenters. The number of methoxy groups -OCH3 is 2. The van der Waals surface area contributed by atoms with Crippen LogP contribution in [0.1, 0.15) is 37.7 Å². The second-order valence-corrected chi connectivity index (χ2v) is 6.67. The lowest BCUT2D eigenvalue weighted by atomic mass is 9.96. The Morgan fingerprint density at radius 2 is 1.82 bits per heavy atom. The van der Waals surface area contributed by atoms with Gasteiger partial charge in [0.1, 0.15) is 0 Å². The lowest BCUT2D eigenvalue weighted by Gasteiger charge is -2.16. The number of hydrogen-bond donors (Lipinski definition) is 0. The van der Waals surface area contributed by atoms with E-state index in [2.05, 4.69) is 16.0 Å². The molecule has 150 valence electrons. The number of benzene rings is 1. The van der Waals surface area contributed by atoms with Gasteiger partial charge in [-0.2, -0.15) is 0 Å². The molecule has 1 saturated carbocycles. The van der Waals surface area contributed by atoms with E-state index in [1.54, 1.807) is 24.3 Å². The minimum Gasteiger partial charge on any atom is -0.466 e. The molecule has 0 amide bonds. The molecule has 0 bridgehead atoms.